The van der Waals surface area contributed by atoms with Gasteiger partial charge in [-0.15, -0.1) is 11.3 Å². The number of thiophene rings is 1. The molecule has 1 amide bonds. The van der Waals surface area contributed by atoms with Gasteiger partial charge in [0.05, 0.1) is 15.6 Å². The van der Waals surface area contributed by atoms with Crippen LogP contribution < -0.4 is 5.32 Å². The van der Waals surface area contributed by atoms with E-state index in [1.807, 2.05) is 0 Å². The first kappa shape index (κ1) is 14.9. The Kier molecular flexibility index (Phi) is 3.85. The van der Waals surface area contributed by atoms with Crippen molar-refractivity contribution in [3.05, 3.63) is 63.5 Å². The first-order valence-corrected chi connectivity index (χ1v) is 7.61. The van der Waals surface area contributed by atoms with Gasteiger partial charge in [0.15, 0.2) is 0 Å². The first-order chi connectivity index (χ1) is 10.5. The molecule has 3 aromatic rings. The smallest absolute Gasteiger partial charge is 0.266 e. The molecule has 0 saturated carbocycles. The third-order valence-corrected chi connectivity index (χ3v) is 4.86. The van der Waals surface area contributed by atoms with Gasteiger partial charge in [-0.05, 0) is 42.8 Å². The summed E-state index contributed by atoms with van der Waals surface area (Å²) in [6.07, 6.45) is 0. The van der Waals surface area contributed by atoms with Crippen LogP contribution in [-0.2, 0) is 0 Å². The van der Waals surface area contributed by atoms with Gasteiger partial charge in [-0.25, -0.2) is 8.78 Å². The van der Waals surface area contributed by atoms with Crippen LogP contribution in [0.4, 0.5) is 14.5 Å². The van der Waals surface area contributed by atoms with Crippen LogP contribution in [0, 0.1) is 18.6 Å². The number of amides is 1. The van der Waals surface area contributed by atoms with Crippen LogP contribution in [0.2, 0.25) is 5.02 Å². The highest BCUT2D eigenvalue weighted by molar-refractivity contribution is 7.21. The molecule has 112 valence electrons. The van der Waals surface area contributed by atoms with E-state index in [9.17, 15) is 13.6 Å². The summed E-state index contributed by atoms with van der Waals surface area (Å²) in [5.41, 5.74) is 0.888. The van der Waals surface area contributed by atoms with Crippen LogP contribution in [-0.4, -0.2) is 5.91 Å². The Hall–Kier alpha value is -1.98. The van der Waals surface area contributed by atoms with Crippen molar-refractivity contribution in [2.45, 2.75) is 6.92 Å². The Morgan fingerprint density at radius 1 is 1.23 bits per heavy atom. The number of aryl methyl sites for hydroxylation is 1. The molecular formula is C16H10ClF2NOS. The number of carbonyl (C=O) groups is 1. The predicted octanol–water partition coefficient (Wildman–Crippen LogP) is 5.39. The second kappa shape index (κ2) is 5.66. The van der Waals surface area contributed by atoms with Crippen molar-refractivity contribution in [2.24, 2.45) is 0 Å². The van der Waals surface area contributed by atoms with Gasteiger partial charge in [0, 0.05) is 10.1 Å². The second-order valence-electron chi connectivity index (χ2n) is 4.75. The molecule has 3 rings (SSSR count). The van der Waals surface area contributed by atoms with Crippen molar-refractivity contribution in [3.63, 3.8) is 0 Å². The number of rotatable bonds is 2. The van der Waals surface area contributed by atoms with E-state index in [4.69, 9.17) is 11.6 Å². The normalized spacial score (nSPS) is 10.9. The molecule has 6 heteroatoms. The molecule has 1 aromatic heterocycles. The van der Waals surface area contributed by atoms with E-state index in [2.05, 4.69) is 5.32 Å². The summed E-state index contributed by atoms with van der Waals surface area (Å²) < 4.78 is 27.6. The number of halogens is 3. The molecule has 0 atom stereocenters. The number of hydrogen-bond acceptors (Lipinski definition) is 2. The first-order valence-electron chi connectivity index (χ1n) is 6.41. The Morgan fingerprint density at radius 2 is 2.00 bits per heavy atom. The van der Waals surface area contributed by atoms with E-state index in [1.165, 1.54) is 29.5 Å². The van der Waals surface area contributed by atoms with Crippen molar-refractivity contribution >= 4 is 44.6 Å². The van der Waals surface area contributed by atoms with Crippen molar-refractivity contribution in [3.8, 4) is 0 Å². The fourth-order valence-corrected chi connectivity index (χ4v) is 3.57. The van der Waals surface area contributed by atoms with Gasteiger partial charge in [0.1, 0.15) is 11.6 Å². The van der Waals surface area contributed by atoms with E-state index < -0.39 is 11.7 Å². The fraction of sp³-hybridized carbons (Fsp3) is 0.0625. The number of carbonyl (C=O) groups excluding carboxylic acids is 1. The lowest BCUT2D eigenvalue weighted by Gasteiger charge is -2.06. The van der Waals surface area contributed by atoms with Gasteiger partial charge in [-0.3, -0.25) is 4.79 Å². The topological polar surface area (TPSA) is 29.1 Å². The van der Waals surface area contributed by atoms with E-state index in [0.717, 1.165) is 6.07 Å². The van der Waals surface area contributed by atoms with Crippen LogP contribution in [0.5, 0.6) is 0 Å². The molecule has 2 nitrogen and oxygen atoms in total. The molecule has 1 heterocycles. The molecule has 22 heavy (non-hydrogen) atoms. The SMILES string of the molecule is Cc1c(C(=O)Nc2ccc(F)cc2Cl)sc2cccc(F)c12. The minimum absolute atomic E-state index is 0.110. The van der Waals surface area contributed by atoms with Crippen molar-refractivity contribution < 1.29 is 13.6 Å². The second-order valence-corrected chi connectivity index (χ2v) is 6.21. The van der Waals surface area contributed by atoms with E-state index in [-0.39, 0.29) is 10.8 Å². The molecule has 0 unspecified atom stereocenters. The standard InChI is InChI=1S/C16H10ClF2NOS/c1-8-14-11(19)3-2-4-13(14)22-15(8)16(21)20-12-6-5-9(18)7-10(12)17/h2-7H,1H3,(H,20,21). The summed E-state index contributed by atoms with van der Waals surface area (Å²) in [6, 6.07) is 8.44. The van der Waals surface area contributed by atoms with Crippen molar-refractivity contribution in [1.29, 1.82) is 0 Å². The third-order valence-electron chi connectivity index (χ3n) is 3.29. The maximum Gasteiger partial charge on any atom is 0.266 e. The lowest BCUT2D eigenvalue weighted by molar-refractivity contribution is 0.103. The third kappa shape index (κ3) is 2.58. The zero-order chi connectivity index (χ0) is 15.9. The molecule has 0 bridgehead atoms. The summed E-state index contributed by atoms with van der Waals surface area (Å²) in [4.78, 5) is 12.8. The van der Waals surface area contributed by atoms with Crippen LogP contribution in [0.25, 0.3) is 10.1 Å². The van der Waals surface area contributed by atoms with Crippen molar-refractivity contribution in [2.75, 3.05) is 5.32 Å². The minimum Gasteiger partial charge on any atom is -0.320 e. The van der Waals surface area contributed by atoms with Crippen LogP contribution in [0.1, 0.15) is 15.2 Å². The summed E-state index contributed by atoms with van der Waals surface area (Å²) in [6.45, 7) is 1.70. The average Bonchev–Trinajstić information content (AvgIpc) is 2.80. The molecular weight excluding hydrogens is 328 g/mol. The van der Waals surface area contributed by atoms with Gasteiger partial charge >= 0.3 is 0 Å². The molecule has 0 saturated heterocycles. The summed E-state index contributed by atoms with van der Waals surface area (Å²) in [5.74, 6) is -1.24. The summed E-state index contributed by atoms with van der Waals surface area (Å²) in [5, 5.41) is 3.18. The van der Waals surface area contributed by atoms with E-state index in [1.54, 1.807) is 19.1 Å². The number of benzene rings is 2. The molecule has 0 radical (unpaired) electrons. The predicted molar refractivity (Wildman–Crippen MR) is 85.9 cm³/mol. The van der Waals surface area contributed by atoms with Gasteiger partial charge in [-0.2, -0.15) is 0 Å². The molecule has 0 fully saturated rings. The zero-order valence-corrected chi connectivity index (χ0v) is 13.0. The Balaban J connectivity index is 1.99. The quantitative estimate of drug-likeness (QED) is 0.667. The Bertz CT molecular complexity index is 891. The highest BCUT2D eigenvalue weighted by Crippen LogP contribution is 2.33. The molecule has 0 aliphatic heterocycles. The minimum atomic E-state index is -0.483. The maximum absolute atomic E-state index is 13.9. The lowest BCUT2D eigenvalue weighted by Crippen LogP contribution is -2.11. The van der Waals surface area contributed by atoms with Gasteiger partial charge in [0.25, 0.3) is 5.91 Å². The largest absolute Gasteiger partial charge is 0.320 e. The monoisotopic (exact) mass is 337 g/mol. The van der Waals surface area contributed by atoms with Gasteiger partial charge in [0.2, 0.25) is 0 Å². The van der Waals surface area contributed by atoms with Crippen LogP contribution >= 0.6 is 22.9 Å². The summed E-state index contributed by atoms with van der Waals surface area (Å²) >= 11 is 7.10. The van der Waals surface area contributed by atoms with Crippen molar-refractivity contribution in [1.82, 2.24) is 0 Å². The number of nitrogens with one attached hydrogen (secondary N) is 1. The van der Waals surface area contributed by atoms with Crippen LogP contribution in [0.3, 0.4) is 0 Å². The Morgan fingerprint density at radius 3 is 2.68 bits per heavy atom. The van der Waals surface area contributed by atoms with E-state index in [0.29, 0.717) is 26.2 Å². The maximum atomic E-state index is 13.9. The molecule has 1 N–H and O–H groups in total. The highest BCUT2D eigenvalue weighted by atomic mass is 35.5. The van der Waals surface area contributed by atoms with Gasteiger partial charge in [-0.1, -0.05) is 17.7 Å². The molecule has 2 aromatic carbocycles. The molecule has 0 aliphatic carbocycles. The number of hydrogen-bond donors (Lipinski definition) is 1. The average molecular weight is 338 g/mol. The summed E-state index contributed by atoms with van der Waals surface area (Å²) in [7, 11) is 0. The number of anilines is 1. The highest BCUT2D eigenvalue weighted by Gasteiger charge is 2.18. The van der Waals surface area contributed by atoms with Crippen LogP contribution in [0.15, 0.2) is 36.4 Å². The zero-order valence-electron chi connectivity index (χ0n) is 11.4. The molecule has 0 aliphatic rings. The Labute approximate surface area is 134 Å². The fourth-order valence-electron chi connectivity index (χ4n) is 2.24. The molecule has 0 spiro atoms. The number of fused-ring (bicyclic) bond motifs is 1. The van der Waals surface area contributed by atoms with E-state index >= 15 is 0 Å². The van der Waals surface area contributed by atoms with Gasteiger partial charge < -0.3 is 5.32 Å². The lowest BCUT2D eigenvalue weighted by atomic mass is 10.1.